The molecule has 2 heterocycles. The summed E-state index contributed by atoms with van der Waals surface area (Å²) in [6.07, 6.45) is 2.02. The number of hydrogen-bond donors (Lipinski definition) is 2. The summed E-state index contributed by atoms with van der Waals surface area (Å²) in [4.78, 5) is 0. The van der Waals surface area contributed by atoms with Crippen LogP contribution in [-0.2, 0) is 11.3 Å². The minimum atomic E-state index is -0.480. The van der Waals surface area contributed by atoms with E-state index < -0.39 is 5.82 Å². The van der Waals surface area contributed by atoms with E-state index in [0.717, 1.165) is 34.2 Å². The van der Waals surface area contributed by atoms with Crippen molar-refractivity contribution >= 4 is 23.0 Å². The Morgan fingerprint density at radius 2 is 2.04 bits per heavy atom. The largest absolute Gasteiger partial charge is 0.507 e. The fraction of sp³-hybridized carbons (Fsp3) is 0.222. The summed E-state index contributed by atoms with van der Waals surface area (Å²) >= 11 is 6.47. The Kier molecular flexibility index (Phi) is 2.91. The summed E-state index contributed by atoms with van der Waals surface area (Å²) < 4.78 is 19.1. The van der Waals surface area contributed by atoms with Crippen LogP contribution in [0.5, 0.6) is 5.75 Å². The maximum absolute atomic E-state index is 13.3. The molecule has 3 nitrogen and oxygen atoms in total. The van der Waals surface area contributed by atoms with Gasteiger partial charge in [0, 0.05) is 22.8 Å². The van der Waals surface area contributed by atoms with Crippen molar-refractivity contribution in [1.82, 2.24) is 0 Å². The fourth-order valence-corrected chi connectivity index (χ4v) is 3.48. The van der Waals surface area contributed by atoms with E-state index in [0.29, 0.717) is 17.2 Å². The minimum absolute atomic E-state index is 0.112. The molecule has 0 bridgehead atoms. The Hall–Kier alpha value is -2.20. The predicted octanol–water partition coefficient (Wildman–Crippen LogP) is 4.93. The molecule has 5 heteroatoms. The van der Waals surface area contributed by atoms with E-state index in [-0.39, 0.29) is 11.3 Å². The SMILES string of the molecule is CC1(C)C=C2OCc3c(-c4ccc(F)cc4O)cc(Cl)c(c32)N1. The monoisotopic (exact) mass is 331 g/mol. The number of anilines is 1. The van der Waals surface area contributed by atoms with Crippen molar-refractivity contribution in [2.24, 2.45) is 0 Å². The molecule has 0 saturated heterocycles. The third-order valence-corrected chi connectivity index (χ3v) is 4.49. The molecule has 0 aromatic heterocycles. The second-order valence-corrected chi connectivity index (χ2v) is 6.85. The average molecular weight is 332 g/mol. The second-order valence-electron chi connectivity index (χ2n) is 6.44. The van der Waals surface area contributed by atoms with Gasteiger partial charge in [0.15, 0.2) is 0 Å². The summed E-state index contributed by atoms with van der Waals surface area (Å²) in [6.45, 7) is 4.48. The molecule has 2 aliphatic heterocycles. The number of halogens is 2. The lowest BCUT2D eigenvalue weighted by Crippen LogP contribution is -2.31. The van der Waals surface area contributed by atoms with Gasteiger partial charge in [0.05, 0.1) is 16.2 Å². The number of benzene rings is 2. The fourth-order valence-electron chi connectivity index (χ4n) is 3.23. The predicted molar refractivity (Wildman–Crippen MR) is 89.0 cm³/mol. The molecule has 23 heavy (non-hydrogen) atoms. The average Bonchev–Trinajstić information content (AvgIpc) is 2.86. The molecule has 2 aromatic rings. The number of phenols is 1. The van der Waals surface area contributed by atoms with E-state index >= 15 is 0 Å². The van der Waals surface area contributed by atoms with Gasteiger partial charge in [-0.1, -0.05) is 11.6 Å². The molecule has 2 aliphatic rings. The molecule has 0 unspecified atom stereocenters. The molecule has 118 valence electrons. The highest BCUT2D eigenvalue weighted by Gasteiger charge is 2.34. The molecule has 0 aliphatic carbocycles. The van der Waals surface area contributed by atoms with Crippen LogP contribution in [0.1, 0.15) is 25.0 Å². The minimum Gasteiger partial charge on any atom is -0.507 e. The van der Waals surface area contributed by atoms with Crippen LogP contribution in [-0.4, -0.2) is 10.6 Å². The van der Waals surface area contributed by atoms with Crippen LogP contribution in [0, 0.1) is 5.82 Å². The third kappa shape index (κ3) is 2.17. The van der Waals surface area contributed by atoms with Crippen molar-refractivity contribution in [3.8, 4) is 16.9 Å². The second kappa shape index (κ2) is 4.65. The van der Waals surface area contributed by atoms with E-state index in [2.05, 4.69) is 5.32 Å². The lowest BCUT2D eigenvalue weighted by atomic mass is 9.89. The van der Waals surface area contributed by atoms with E-state index in [9.17, 15) is 9.50 Å². The molecular weight excluding hydrogens is 317 g/mol. The molecule has 0 spiro atoms. The summed E-state index contributed by atoms with van der Waals surface area (Å²) in [6, 6.07) is 5.77. The first-order valence-electron chi connectivity index (χ1n) is 7.34. The number of ether oxygens (including phenoxy) is 1. The maximum Gasteiger partial charge on any atom is 0.127 e. The summed E-state index contributed by atoms with van der Waals surface area (Å²) in [5, 5.41) is 14.1. The van der Waals surface area contributed by atoms with Crippen molar-refractivity contribution in [1.29, 1.82) is 0 Å². The van der Waals surface area contributed by atoms with Gasteiger partial charge in [-0.3, -0.25) is 0 Å². The van der Waals surface area contributed by atoms with Gasteiger partial charge >= 0.3 is 0 Å². The number of rotatable bonds is 1. The van der Waals surface area contributed by atoms with E-state index in [1.165, 1.54) is 6.07 Å². The Morgan fingerprint density at radius 1 is 1.26 bits per heavy atom. The smallest absolute Gasteiger partial charge is 0.127 e. The summed E-state index contributed by atoms with van der Waals surface area (Å²) in [7, 11) is 0. The standard InChI is InChI=1S/C18H15ClFNO2/c1-18(2)7-15-16-12(8-23-15)11(6-13(19)17(16)21-18)10-4-3-9(20)5-14(10)22/h3-7,21-22H,8H2,1-2H3. The van der Waals surface area contributed by atoms with Crippen LogP contribution in [0.4, 0.5) is 10.1 Å². The van der Waals surface area contributed by atoms with Crippen molar-refractivity contribution in [3.05, 3.63) is 52.3 Å². The first kappa shape index (κ1) is 14.4. The van der Waals surface area contributed by atoms with Crippen LogP contribution in [0.15, 0.2) is 30.3 Å². The van der Waals surface area contributed by atoms with Gasteiger partial charge < -0.3 is 15.2 Å². The van der Waals surface area contributed by atoms with E-state index in [1.54, 1.807) is 12.1 Å². The molecule has 0 saturated carbocycles. The van der Waals surface area contributed by atoms with E-state index in [4.69, 9.17) is 16.3 Å². The highest BCUT2D eigenvalue weighted by molar-refractivity contribution is 6.34. The zero-order valence-corrected chi connectivity index (χ0v) is 13.5. The van der Waals surface area contributed by atoms with Crippen molar-refractivity contribution < 1.29 is 14.2 Å². The normalized spacial score (nSPS) is 17.1. The first-order chi connectivity index (χ1) is 10.9. The number of hydrogen-bond acceptors (Lipinski definition) is 3. The van der Waals surface area contributed by atoms with Gasteiger partial charge in [0.25, 0.3) is 0 Å². The zero-order chi connectivity index (χ0) is 16.4. The van der Waals surface area contributed by atoms with Gasteiger partial charge in [-0.05, 0) is 43.7 Å². The molecule has 4 rings (SSSR count). The van der Waals surface area contributed by atoms with Crippen LogP contribution in [0.3, 0.4) is 0 Å². The Bertz CT molecular complexity index is 874. The summed E-state index contributed by atoms with van der Waals surface area (Å²) in [5.41, 5.74) is 3.76. The van der Waals surface area contributed by atoms with Crippen molar-refractivity contribution in [3.63, 3.8) is 0 Å². The quantitative estimate of drug-likeness (QED) is 0.778. The van der Waals surface area contributed by atoms with Crippen LogP contribution >= 0.6 is 11.6 Å². The van der Waals surface area contributed by atoms with Crippen LogP contribution < -0.4 is 5.32 Å². The van der Waals surface area contributed by atoms with Crippen molar-refractivity contribution in [2.45, 2.75) is 26.0 Å². The van der Waals surface area contributed by atoms with Gasteiger partial charge in [-0.25, -0.2) is 4.39 Å². The molecule has 0 atom stereocenters. The number of phenolic OH excluding ortho intramolecular Hbond substituents is 1. The van der Waals surface area contributed by atoms with Crippen molar-refractivity contribution in [2.75, 3.05) is 5.32 Å². The van der Waals surface area contributed by atoms with Gasteiger partial charge in [0.2, 0.25) is 0 Å². The van der Waals surface area contributed by atoms with E-state index in [1.807, 2.05) is 19.9 Å². The molecule has 0 radical (unpaired) electrons. The molecule has 0 fully saturated rings. The lowest BCUT2D eigenvalue weighted by molar-refractivity contribution is 0.283. The Balaban J connectivity index is 1.98. The zero-order valence-electron chi connectivity index (χ0n) is 12.7. The first-order valence-corrected chi connectivity index (χ1v) is 7.72. The van der Waals surface area contributed by atoms with Gasteiger partial charge in [-0.2, -0.15) is 0 Å². The third-order valence-electron chi connectivity index (χ3n) is 4.19. The van der Waals surface area contributed by atoms with Gasteiger partial charge in [-0.15, -0.1) is 0 Å². The van der Waals surface area contributed by atoms with Gasteiger partial charge in [0.1, 0.15) is 23.9 Å². The Labute approximate surface area is 138 Å². The Morgan fingerprint density at radius 3 is 2.78 bits per heavy atom. The molecule has 2 aromatic carbocycles. The highest BCUT2D eigenvalue weighted by atomic mass is 35.5. The molecule has 0 amide bonds. The maximum atomic E-state index is 13.3. The van der Waals surface area contributed by atoms with Crippen LogP contribution in [0.2, 0.25) is 5.02 Å². The lowest BCUT2D eigenvalue weighted by Gasteiger charge is -2.31. The highest BCUT2D eigenvalue weighted by Crippen LogP contribution is 2.49. The molecular formula is C18H15ClFNO2. The topological polar surface area (TPSA) is 41.5 Å². The van der Waals surface area contributed by atoms with Crippen LogP contribution in [0.25, 0.3) is 16.9 Å². The molecule has 2 N–H and O–H groups in total. The number of nitrogens with one attached hydrogen (secondary N) is 1. The number of aromatic hydroxyl groups is 1. The summed E-state index contributed by atoms with van der Waals surface area (Å²) in [5.74, 6) is 0.204.